The van der Waals surface area contributed by atoms with Crippen LogP contribution in [-0.2, 0) is 9.53 Å². The number of hydrogen-bond donors (Lipinski definition) is 1. The largest absolute Gasteiger partial charge is 0.465 e. The second-order valence-corrected chi connectivity index (χ2v) is 3.92. The monoisotopic (exact) mass is 215 g/mol. The molecule has 0 saturated heterocycles. The van der Waals surface area contributed by atoms with Crippen molar-refractivity contribution in [2.45, 2.75) is 52.4 Å². The second-order valence-electron chi connectivity index (χ2n) is 3.92. The maximum atomic E-state index is 11.4. The molecule has 0 aromatic rings. The van der Waals surface area contributed by atoms with E-state index in [9.17, 15) is 4.79 Å². The summed E-state index contributed by atoms with van der Waals surface area (Å²) >= 11 is 0. The number of nitrogens with two attached hydrogens (primary N) is 1. The van der Waals surface area contributed by atoms with Gasteiger partial charge in [-0.1, -0.05) is 39.5 Å². The van der Waals surface area contributed by atoms with Crippen LogP contribution in [0.1, 0.15) is 52.4 Å². The quantitative estimate of drug-likeness (QED) is 0.475. The third-order valence-electron chi connectivity index (χ3n) is 2.60. The number of carbonyl (C=O) groups excluding carboxylic acids is 1. The van der Waals surface area contributed by atoms with E-state index in [1.807, 2.05) is 6.92 Å². The van der Waals surface area contributed by atoms with E-state index in [1.165, 1.54) is 19.3 Å². The predicted octanol–water partition coefficient (Wildman–Crippen LogP) is 2.48. The molecule has 1 unspecified atom stereocenters. The van der Waals surface area contributed by atoms with Crippen LogP contribution in [0.15, 0.2) is 0 Å². The number of rotatable bonds is 9. The Morgan fingerprint density at radius 1 is 1.20 bits per heavy atom. The molecular weight excluding hydrogens is 190 g/mol. The van der Waals surface area contributed by atoms with Crippen LogP contribution in [0.3, 0.4) is 0 Å². The fourth-order valence-corrected chi connectivity index (χ4v) is 1.43. The van der Waals surface area contributed by atoms with E-state index in [2.05, 4.69) is 6.92 Å². The van der Waals surface area contributed by atoms with Gasteiger partial charge in [-0.15, -0.1) is 0 Å². The highest BCUT2D eigenvalue weighted by molar-refractivity contribution is 5.72. The van der Waals surface area contributed by atoms with Gasteiger partial charge in [0.15, 0.2) is 0 Å². The Balaban J connectivity index is 3.38. The van der Waals surface area contributed by atoms with Crippen molar-refractivity contribution in [1.29, 1.82) is 0 Å². The van der Waals surface area contributed by atoms with Crippen LogP contribution in [-0.4, -0.2) is 19.1 Å². The minimum Gasteiger partial charge on any atom is -0.465 e. The molecule has 0 spiro atoms. The molecular formula is C12H25NO2. The van der Waals surface area contributed by atoms with Gasteiger partial charge in [-0.2, -0.15) is 0 Å². The molecule has 0 aromatic carbocycles. The average molecular weight is 215 g/mol. The maximum absolute atomic E-state index is 11.4. The van der Waals surface area contributed by atoms with Crippen molar-refractivity contribution in [2.24, 2.45) is 11.7 Å². The molecule has 0 radical (unpaired) electrons. The minimum absolute atomic E-state index is 0.111. The number of esters is 1. The number of unbranched alkanes of at least 4 members (excludes halogenated alkanes) is 4. The summed E-state index contributed by atoms with van der Waals surface area (Å²) in [5.74, 6) is -0.240. The Bertz CT molecular complexity index is 156. The zero-order chi connectivity index (χ0) is 11.5. The lowest BCUT2D eigenvalue weighted by atomic mass is 10.1. The fourth-order valence-electron chi connectivity index (χ4n) is 1.43. The molecule has 0 aliphatic rings. The highest BCUT2D eigenvalue weighted by Crippen LogP contribution is 2.06. The average Bonchev–Trinajstić information content (AvgIpc) is 2.25. The van der Waals surface area contributed by atoms with E-state index >= 15 is 0 Å². The summed E-state index contributed by atoms with van der Waals surface area (Å²) in [7, 11) is 0. The van der Waals surface area contributed by atoms with Crippen LogP contribution >= 0.6 is 0 Å². The summed E-state index contributed by atoms with van der Waals surface area (Å²) in [4.78, 5) is 11.4. The van der Waals surface area contributed by atoms with E-state index in [0.717, 1.165) is 19.3 Å². The zero-order valence-electron chi connectivity index (χ0n) is 10.1. The van der Waals surface area contributed by atoms with Gasteiger partial charge in [0.2, 0.25) is 0 Å². The molecule has 2 N–H and O–H groups in total. The molecule has 15 heavy (non-hydrogen) atoms. The molecule has 0 aromatic heterocycles. The Kier molecular flexibility index (Phi) is 9.59. The minimum atomic E-state index is -0.129. The van der Waals surface area contributed by atoms with Gasteiger partial charge in [0, 0.05) is 6.54 Å². The second kappa shape index (κ2) is 9.97. The van der Waals surface area contributed by atoms with Gasteiger partial charge in [0.05, 0.1) is 12.5 Å². The van der Waals surface area contributed by atoms with Crippen molar-refractivity contribution >= 4 is 5.97 Å². The van der Waals surface area contributed by atoms with Crippen molar-refractivity contribution < 1.29 is 9.53 Å². The van der Waals surface area contributed by atoms with E-state index in [0.29, 0.717) is 13.2 Å². The van der Waals surface area contributed by atoms with Crippen LogP contribution in [0.25, 0.3) is 0 Å². The highest BCUT2D eigenvalue weighted by atomic mass is 16.5. The summed E-state index contributed by atoms with van der Waals surface area (Å²) in [6.45, 7) is 5.09. The molecule has 90 valence electrons. The lowest BCUT2D eigenvalue weighted by molar-refractivity contribution is -0.148. The van der Waals surface area contributed by atoms with Crippen molar-refractivity contribution in [3.05, 3.63) is 0 Å². The van der Waals surface area contributed by atoms with Gasteiger partial charge in [-0.3, -0.25) is 4.79 Å². The van der Waals surface area contributed by atoms with Crippen LogP contribution in [0.4, 0.5) is 0 Å². The summed E-state index contributed by atoms with van der Waals surface area (Å²) in [5, 5.41) is 0. The van der Waals surface area contributed by atoms with Gasteiger partial charge in [-0.25, -0.2) is 0 Å². The van der Waals surface area contributed by atoms with Gasteiger partial charge >= 0.3 is 5.97 Å². The van der Waals surface area contributed by atoms with Crippen molar-refractivity contribution in [2.75, 3.05) is 13.2 Å². The molecule has 1 atom stereocenters. The summed E-state index contributed by atoms with van der Waals surface area (Å²) in [5.41, 5.74) is 5.45. The van der Waals surface area contributed by atoms with Crippen molar-refractivity contribution in [3.63, 3.8) is 0 Å². The molecule has 0 amide bonds. The molecule has 0 aliphatic carbocycles. The van der Waals surface area contributed by atoms with Gasteiger partial charge in [-0.05, 0) is 12.8 Å². The standard InChI is InChI=1S/C12H25NO2/c1-3-5-6-7-8-9-15-12(14)11(4-2)10-13/h11H,3-10,13H2,1-2H3. The first-order valence-corrected chi connectivity index (χ1v) is 6.12. The number of carbonyl (C=O) groups is 1. The number of ether oxygens (including phenoxy) is 1. The zero-order valence-corrected chi connectivity index (χ0v) is 10.1. The molecule has 0 saturated carbocycles. The van der Waals surface area contributed by atoms with Gasteiger partial charge in [0.1, 0.15) is 0 Å². The molecule has 0 rings (SSSR count). The van der Waals surface area contributed by atoms with Crippen LogP contribution < -0.4 is 5.73 Å². The van der Waals surface area contributed by atoms with Crippen molar-refractivity contribution in [3.8, 4) is 0 Å². The van der Waals surface area contributed by atoms with Crippen LogP contribution in [0.2, 0.25) is 0 Å². The predicted molar refractivity (Wildman–Crippen MR) is 62.6 cm³/mol. The Labute approximate surface area is 93.4 Å². The Morgan fingerprint density at radius 3 is 2.40 bits per heavy atom. The lowest BCUT2D eigenvalue weighted by Gasteiger charge is -2.11. The van der Waals surface area contributed by atoms with Gasteiger partial charge in [0.25, 0.3) is 0 Å². The van der Waals surface area contributed by atoms with E-state index in [4.69, 9.17) is 10.5 Å². The SMILES string of the molecule is CCCCCCCOC(=O)C(CC)CN. The van der Waals surface area contributed by atoms with E-state index in [-0.39, 0.29) is 11.9 Å². The lowest BCUT2D eigenvalue weighted by Crippen LogP contribution is -2.25. The first-order chi connectivity index (χ1) is 7.26. The smallest absolute Gasteiger partial charge is 0.310 e. The molecule has 0 fully saturated rings. The first kappa shape index (κ1) is 14.4. The van der Waals surface area contributed by atoms with Crippen LogP contribution in [0.5, 0.6) is 0 Å². The van der Waals surface area contributed by atoms with Crippen LogP contribution in [0, 0.1) is 5.92 Å². The Morgan fingerprint density at radius 2 is 1.87 bits per heavy atom. The summed E-state index contributed by atoms with van der Waals surface area (Å²) in [6, 6.07) is 0. The maximum Gasteiger partial charge on any atom is 0.310 e. The first-order valence-electron chi connectivity index (χ1n) is 6.12. The summed E-state index contributed by atoms with van der Waals surface area (Å²) in [6.07, 6.45) is 6.65. The molecule has 0 heterocycles. The normalized spacial score (nSPS) is 12.5. The fraction of sp³-hybridized carbons (Fsp3) is 0.917. The Hall–Kier alpha value is -0.570. The van der Waals surface area contributed by atoms with Crippen molar-refractivity contribution in [1.82, 2.24) is 0 Å². The van der Waals surface area contributed by atoms with E-state index in [1.54, 1.807) is 0 Å². The molecule has 0 aliphatic heterocycles. The topological polar surface area (TPSA) is 52.3 Å². The molecule has 0 bridgehead atoms. The number of hydrogen-bond acceptors (Lipinski definition) is 3. The molecule has 3 nitrogen and oxygen atoms in total. The molecule has 3 heteroatoms. The van der Waals surface area contributed by atoms with E-state index < -0.39 is 0 Å². The summed E-state index contributed by atoms with van der Waals surface area (Å²) < 4.78 is 5.15. The van der Waals surface area contributed by atoms with Gasteiger partial charge < -0.3 is 10.5 Å². The highest BCUT2D eigenvalue weighted by Gasteiger charge is 2.15. The third-order valence-corrected chi connectivity index (χ3v) is 2.60. The third kappa shape index (κ3) is 7.37.